The van der Waals surface area contributed by atoms with Gasteiger partial charge >= 0.3 is 0 Å². The van der Waals surface area contributed by atoms with Gasteiger partial charge in [-0.15, -0.1) is 0 Å². The van der Waals surface area contributed by atoms with Gasteiger partial charge in [0, 0.05) is 33.2 Å². The van der Waals surface area contributed by atoms with E-state index in [0.29, 0.717) is 39.0 Å². The SMILES string of the molecule is CC(=O)N[C@@]1(C)CCOC2(CCN(C(=O)c3cccc4c3NCCC4)CC2)[C@@H]1O. The Balaban J connectivity index is 1.48. The highest BCUT2D eigenvalue weighted by molar-refractivity contribution is 6.00. The number of likely N-dealkylation sites (tertiary alicyclic amines) is 1. The van der Waals surface area contributed by atoms with E-state index in [9.17, 15) is 14.7 Å². The molecule has 0 unspecified atom stereocenters. The maximum atomic E-state index is 13.2. The largest absolute Gasteiger partial charge is 0.388 e. The number of aliphatic hydroxyl groups excluding tert-OH is 1. The fourth-order valence-electron chi connectivity index (χ4n) is 5.16. The molecule has 2 amide bonds. The van der Waals surface area contributed by atoms with Crippen LogP contribution in [0.1, 0.15) is 55.5 Å². The van der Waals surface area contributed by atoms with Crippen molar-refractivity contribution in [2.24, 2.45) is 0 Å². The number of aryl methyl sites for hydroxylation is 1. The quantitative estimate of drug-likeness (QED) is 0.702. The smallest absolute Gasteiger partial charge is 0.255 e. The molecule has 0 saturated carbocycles. The number of amides is 2. The van der Waals surface area contributed by atoms with Crippen LogP contribution in [-0.2, 0) is 16.0 Å². The number of carbonyl (C=O) groups is 2. The molecule has 3 heterocycles. The molecule has 1 aromatic carbocycles. The first-order chi connectivity index (χ1) is 13.8. The fourth-order valence-corrected chi connectivity index (χ4v) is 5.16. The van der Waals surface area contributed by atoms with Crippen LogP contribution in [0.15, 0.2) is 18.2 Å². The van der Waals surface area contributed by atoms with Crippen LogP contribution >= 0.6 is 0 Å². The fraction of sp³-hybridized carbons (Fsp3) is 0.636. The molecular weight excluding hydrogens is 370 g/mol. The molecular formula is C22H31N3O4. The number of hydrogen-bond donors (Lipinski definition) is 3. The molecule has 3 aliphatic heterocycles. The van der Waals surface area contributed by atoms with Gasteiger partial charge in [0.1, 0.15) is 6.10 Å². The molecule has 4 rings (SSSR count). The van der Waals surface area contributed by atoms with Gasteiger partial charge in [0.15, 0.2) is 0 Å². The maximum Gasteiger partial charge on any atom is 0.255 e. The molecule has 0 aromatic heterocycles. The summed E-state index contributed by atoms with van der Waals surface area (Å²) in [6, 6.07) is 5.93. The van der Waals surface area contributed by atoms with Gasteiger partial charge in [-0.05, 0) is 50.7 Å². The van der Waals surface area contributed by atoms with Gasteiger partial charge < -0.3 is 25.4 Å². The zero-order valence-corrected chi connectivity index (χ0v) is 17.3. The second kappa shape index (κ2) is 7.61. The number of nitrogens with zero attached hydrogens (tertiary/aromatic N) is 1. The van der Waals surface area contributed by atoms with Gasteiger partial charge in [-0.25, -0.2) is 0 Å². The van der Waals surface area contributed by atoms with Crippen molar-refractivity contribution in [3.63, 3.8) is 0 Å². The summed E-state index contributed by atoms with van der Waals surface area (Å²) in [7, 11) is 0. The summed E-state index contributed by atoms with van der Waals surface area (Å²) in [4.78, 5) is 26.7. The molecule has 0 bridgehead atoms. The predicted molar refractivity (Wildman–Crippen MR) is 110 cm³/mol. The van der Waals surface area contributed by atoms with Crippen molar-refractivity contribution in [1.29, 1.82) is 0 Å². The van der Waals surface area contributed by atoms with Crippen molar-refractivity contribution in [2.45, 2.75) is 63.2 Å². The first kappa shape index (κ1) is 20.2. The summed E-state index contributed by atoms with van der Waals surface area (Å²) in [6.45, 7) is 5.77. The summed E-state index contributed by atoms with van der Waals surface area (Å²) >= 11 is 0. The van der Waals surface area contributed by atoms with Crippen molar-refractivity contribution in [1.82, 2.24) is 10.2 Å². The van der Waals surface area contributed by atoms with E-state index >= 15 is 0 Å². The van der Waals surface area contributed by atoms with Crippen molar-refractivity contribution >= 4 is 17.5 Å². The zero-order valence-electron chi connectivity index (χ0n) is 17.3. The number of nitrogens with one attached hydrogen (secondary N) is 2. The van der Waals surface area contributed by atoms with Gasteiger partial charge in [-0.1, -0.05) is 12.1 Å². The average molecular weight is 402 g/mol. The molecule has 158 valence electrons. The number of para-hydroxylation sites is 1. The number of ether oxygens (including phenoxy) is 1. The number of benzene rings is 1. The summed E-state index contributed by atoms with van der Waals surface area (Å²) in [5.74, 6) is -0.126. The Morgan fingerprint density at radius 1 is 1.28 bits per heavy atom. The van der Waals surface area contributed by atoms with Crippen molar-refractivity contribution in [2.75, 3.05) is 31.6 Å². The van der Waals surface area contributed by atoms with E-state index in [2.05, 4.69) is 16.7 Å². The number of aliphatic hydroxyl groups is 1. The molecule has 7 nitrogen and oxygen atoms in total. The van der Waals surface area contributed by atoms with Gasteiger partial charge in [-0.2, -0.15) is 0 Å². The summed E-state index contributed by atoms with van der Waals surface area (Å²) in [5.41, 5.74) is 1.47. The number of rotatable bonds is 2. The third-order valence-corrected chi connectivity index (χ3v) is 6.78. The highest BCUT2D eigenvalue weighted by Gasteiger charge is 2.54. The predicted octanol–water partition coefficient (Wildman–Crippen LogP) is 1.70. The summed E-state index contributed by atoms with van der Waals surface area (Å²) in [6.07, 6.45) is 2.94. The van der Waals surface area contributed by atoms with E-state index in [1.54, 1.807) is 0 Å². The summed E-state index contributed by atoms with van der Waals surface area (Å²) in [5, 5.41) is 17.4. The minimum atomic E-state index is -0.809. The van der Waals surface area contributed by atoms with E-state index < -0.39 is 17.2 Å². The Morgan fingerprint density at radius 2 is 2.03 bits per heavy atom. The van der Waals surface area contributed by atoms with Crippen LogP contribution < -0.4 is 10.6 Å². The van der Waals surface area contributed by atoms with Crippen LogP contribution in [0.25, 0.3) is 0 Å². The maximum absolute atomic E-state index is 13.2. The van der Waals surface area contributed by atoms with Crippen LogP contribution in [0, 0.1) is 0 Å². The van der Waals surface area contributed by atoms with Gasteiger partial charge in [0.05, 0.1) is 22.4 Å². The molecule has 1 spiro atoms. The van der Waals surface area contributed by atoms with Crippen molar-refractivity contribution in [3.8, 4) is 0 Å². The first-order valence-corrected chi connectivity index (χ1v) is 10.6. The lowest BCUT2D eigenvalue weighted by atomic mass is 9.73. The monoisotopic (exact) mass is 401 g/mol. The number of hydrogen-bond acceptors (Lipinski definition) is 5. The lowest BCUT2D eigenvalue weighted by Crippen LogP contribution is -2.69. The van der Waals surface area contributed by atoms with E-state index in [4.69, 9.17) is 4.74 Å². The molecule has 7 heteroatoms. The van der Waals surface area contributed by atoms with Gasteiger partial charge in [0.2, 0.25) is 5.91 Å². The van der Waals surface area contributed by atoms with Crippen molar-refractivity contribution in [3.05, 3.63) is 29.3 Å². The molecule has 0 radical (unpaired) electrons. The lowest BCUT2D eigenvalue weighted by Gasteiger charge is -2.53. The molecule has 29 heavy (non-hydrogen) atoms. The minimum absolute atomic E-state index is 0.0287. The second-order valence-corrected chi connectivity index (χ2v) is 8.83. The highest BCUT2D eigenvalue weighted by Crippen LogP contribution is 2.40. The molecule has 3 N–H and O–H groups in total. The minimum Gasteiger partial charge on any atom is -0.388 e. The van der Waals surface area contributed by atoms with E-state index in [1.165, 1.54) is 12.5 Å². The first-order valence-electron chi connectivity index (χ1n) is 10.6. The van der Waals surface area contributed by atoms with Crippen LogP contribution in [0.2, 0.25) is 0 Å². The second-order valence-electron chi connectivity index (χ2n) is 8.83. The molecule has 2 atom stereocenters. The topological polar surface area (TPSA) is 90.9 Å². The Hall–Kier alpha value is -2.12. The third kappa shape index (κ3) is 3.62. The lowest BCUT2D eigenvalue weighted by molar-refractivity contribution is -0.205. The molecule has 0 aliphatic carbocycles. The summed E-state index contributed by atoms with van der Waals surface area (Å²) < 4.78 is 6.07. The molecule has 2 saturated heterocycles. The number of piperidine rings is 1. The van der Waals surface area contributed by atoms with Crippen molar-refractivity contribution < 1.29 is 19.4 Å². The number of carbonyl (C=O) groups excluding carboxylic acids is 2. The molecule has 1 aromatic rings. The Kier molecular flexibility index (Phi) is 5.29. The third-order valence-electron chi connectivity index (χ3n) is 6.78. The number of fused-ring (bicyclic) bond motifs is 1. The van der Waals surface area contributed by atoms with Crippen LogP contribution in [-0.4, -0.2) is 65.3 Å². The van der Waals surface area contributed by atoms with E-state index in [0.717, 1.165) is 30.6 Å². The molecule has 2 fully saturated rings. The van der Waals surface area contributed by atoms with E-state index in [1.807, 2.05) is 24.0 Å². The Bertz CT molecular complexity index is 803. The van der Waals surface area contributed by atoms with Gasteiger partial charge in [0.25, 0.3) is 5.91 Å². The average Bonchev–Trinajstić information content (AvgIpc) is 2.71. The van der Waals surface area contributed by atoms with Crippen LogP contribution in [0.3, 0.4) is 0 Å². The van der Waals surface area contributed by atoms with Gasteiger partial charge in [-0.3, -0.25) is 9.59 Å². The zero-order chi connectivity index (χ0) is 20.6. The Labute approximate surface area is 171 Å². The van der Waals surface area contributed by atoms with Crippen LogP contribution in [0.4, 0.5) is 5.69 Å². The number of anilines is 1. The molecule has 3 aliphatic rings. The standard InChI is InChI=1S/C22H31N3O4/c1-15(26)24-21(2)10-14-29-22(20(21)28)8-12-25(13-9-22)19(27)17-7-3-5-16-6-4-11-23-18(16)17/h3,5,7,20,23,28H,4,6,8-14H2,1-2H3,(H,24,26)/t20-,21+/m1/s1. The van der Waals surface area contributed by atoms with E-state index in [-0.39, 0.29) is 11.8 Å². The highest BCUT2D eigenvalue weighted by atomic mass is 16.5. The normalized spacial score (nSPS) is 28.4. The van der Waals surface area contributed by atoms with Crippen LogP contribution in [0.5, 0.6) is 0 Å². The Morgan fingerprint density at radius 3 is 2.76 bits per heavy atom.